The van der Waals surface area contributed by atoms with E-state index < -0.39 is 64.4 Å². The lowest BCUT2D eigenvalue weighted by Crippen LogP contribution is -2.55. The van der Waals surface area contributed by atoms with Crippen LogP contribution in [0.15, 0.2) is 152 Å². The van der Waals surface area contributed by atoms with E-state index in [4.69, 9.17) is 15.2 Å². The van der Waals surface area contributed by atoms with Crippen molar-refractivity contribution < 1.29 is 38.7 Å². The second-order valence-electron chi connectivity index (χ2n) is 16.1. The fourth-order valence-electron chi connectivity index (χ4n) is 9.83. The topological polar surface area (TPSA) is 213 Å². The number of hydrogen-bond donors (Lipinski definition) is 2. The van der Waals surface area contributed by atoms with Crippen LogP contribution in [0.3, 0.4) is 0 Å². The molecule has 2 saturated heterocycles. The van der Waals surface area contributed by atoms with Gasteiger partial charge in [0, 0.05) is 17.7 Å². The van der Waals surface area contributed by atoms with Gasteiger partial charge < -0.3 is 20.3 Å². The van der Waals surface area contributed by atoms with Crippen molar-refractivity contribution in [3.63, 3.8) is 0 Å². The Labute approximate surface area is 375 Å². The average Bonchev–Trinajstić information content (AvgIpc) is 3.98. The Morgan fingerprint density at radius 1 is 0.833 bits per heavy atom. The summed E-state index contributed by atoms with van der Waals surface area (Å²) in [5, 5.41) is 30.4. The van der Waals surface area contributed by atoms with Gasteiger partial charge in [-0.25, -0.2) is 14.4 Å². The second kappa shape index (κ2) is 16.5. The number of imide groups is 1. The van der Waals surface area contributed by atoms with Crippen molar-refractivity contribution in [2.75, 3.05) is 4.90 Å². The number of phenolic OH excluding ortho intramolecular Hbond substituents is 1. The van der Waals surface area contributed by atoms with E-state index in [9.17, 15) is 29.6 Å². The van der Waals surface area contributed by atoms with E-state index >= 15 is 4.79 Å². The van der Waals surface area contributed by atoms with E-state index in [1.54, 1.807) is 28.9 Å². The zero-order chi connectivity index (χ0) is 45.7. The van der Waals surface area contributed by atoms with Crippen LogP contribution in [0.5, 0.6) is 5.75 Å². The minimum Gasteiger partial charge on any atom is -0.508 e. The number of para-hydroxylation sites is 1. The summed E-state index contributed by atoms with van der Waals surface area (Å²) in [5.74, 6) is 1.81. The normalized spacial score (nSPS) is 22.0. The molecule has 0 unspecified atom stereocenters. The van der Waals surface area contributed by atoms with Gasteiger partial charge in [-0.05, 0) is 82.4 Å². The summed E-state index contributed by atoms with van der Waals surface area (Å²) < 4.78 is 13.8. The highest BCUT2D eigenvalue weighted by molar-refractivity contribution is 6.23. The molecule has 6 aromatic carbocycles. The number of ether oxygens (including phenoxy) is 2. The van der Waals surface area contributed by atoms with Crippen LogP contribution >= 0.6 is 0 Å². The van der Waals surface area contributed by atoms with Crippen LogP contribution in [0, 0.1) is 27.9 Å². The first kappa shape index (κ1) is 41.3. The van der Waals surface area contributed by atoms with Gasteiger partial charge in [0.05, 0.1) is 34.1 Å². The maximum atomic E-state index is 16.0. The number of nitrogens with zero attached hydrogens (tertiary/aromatic N) is 6. The van der Waals surface area contributed by atoms with Gasteiger partial charge in [-0.1, -0.05) is 102 Å². The van der Waals surface area contributed by atoms with Gasteiger partial charge in [-0.15, -0.1) is 5.10 Å². The summed E-state index contributed by atoms with van der Waals surface area (Å²) in [7, 11) is 0. The number of benzene rings is 6. The molecule has 66 heavy (non-hydrogen) atoms. The number of primary amides is 1. The molecular formula is C50H37N7O9. The van der Waals surface area contributed by atoms with Gasteiger partial charge >= 0.3 is 12.1 Å². The molecule has 6 atom stereocenters. The minimum atomic E-state index is -2.13. The van der Waals surface area contributed by atoms with Gasteiger partial charge in [0.25, 0.3) is 5.69 Å². The molecule has 16 nitrogen and oxygen atoms in total. The fraction of sp³-hybridized carbons (Fsp3) is 0.160. The lowest BCUT2D eigenvalue weighted by Gasteiger charge is -2.46. The molecule has 1 aromatic heterocycles. The van der Waals surface area contributed by atoms with Crippen LogP contribution in [0.2, 0.25) is 0 Å². The van der Waals surface area contributed by atoms with Crippen molar-refractivity contribution in [1.29, 1.82) is 0 Å². The van der Waals surface area contributed by atoms with Gasteiger partial charge in [0.2, 0.25) is 11.8 Å². The van der Waals surface area contributed by atoms with Crippen LogP contribution in [-0.4, -0.2) is 59.8 Å². The third kappa shape index (κ3) is 6.77. The van der Waals surface area contributed by atoms with E-state index in [-0.39, 0.29) is 35.8 Å². The zero-order valence-corrected chi connectivity index (χ0v) is 34.7. The summed E-state index contributed by atoms with van der Waals surface area (Å²) in [6.07, 6.45) is -2.07. The van der Waals surface area contributed by atoms with Crippen molar-refractivity contribution >= 4 is 46.3 Å². The highest BCUT2D eigenvalue weighted by Crippen LogP contribution is 2.65. The van der Waals surface area contributed by atoms with E-state index in [2.05, 4.69) is 22.2 Å². The molecule has 2 fully saturated rings. The molecule has 3 N–H and O–H groups in total. The standard InChI is InChI=1S/C50H37N7O9/c51-46(59)41-43-47(60)66-44(33-13-5-2-6-14-33)42(32-11-3-1-4-12-32)56(43)45(34-20-24-36(58)25-21-34)50(41)37-28-30(10-9-27-54-40-16-8-7-15-38(40)52-53-54)19-26-39(37)55(48(50)61)49(62)65-29-31-17-22-35(23-18-31)57(63)64/h1-8,11-26,28,41-45,58H,27,29H2,(H2,51,59)/t41-,42-,43-,44+,45+,50-/m1/s1. The molecule has 0 saturated carbocycles. The Kier molecular flexibility index (Phi) is 10.3. The van der Waals surface area contributed by atoms with E-state index in [1.165, 1.54) is 42.5 Å². The quantitative estimate of drug-likeness (QED) is 0.0717. The number of carbonyl (C=O) groups excluding carboxylic acids is 4. The molecule has 0 radical (unpaired) electrons. The number of nitro groups is 1. The molecule has 3 aliphatic rings. The van der Waals surface area contributed by atoms with Crippen LogP contribution in [0.4, 0.5) is 16.2 Å². The number of esters is 1. The van der Waals surface area contributed by atoms with E-state index in [0.717, 1.165) is 10.4 Å². The average molecular weight is 880 g/mol. The fourth-order valence-corrected chi connectivity index (χ4v) is 9.83. The predicted octanol–water partition coefficient (Wildman–Crippen LogP) is 6.58. The van der Waals surface area contributed by atoms with Gasteiger partial charge in [-0.2, -0.15) is 0 Å². The van der Waals surface area contributed by atoms with Crippen molar-refractivity contribution in [2.24, 2.45) is 11.7 Å². The largest absolute Gasteiger partial charge is 0.508 e. The molecule has 4 heterocycles. The second-order valence-corrected chi connectivity index (χ2v) is 16.1. The van der Waals surface area contributed by atoms with Crippen LogP contribution in [0.1, 0.15) is 51.6 Å². The Bertz CT molecular complexity index is 3130. The summed E-state index contributed by atoms with van der Waals surface area (Å²) in [6.45, 7) is -0.232. The monoisotopic (exact) mass is 879 g/mol. The molecule has 0 aliphatic carbocycles. The van der Waals surface area contributed by atoms with E-state index in [1.807, 2.05) is 89.8 Å². The number of cyclic esters (lactones) is 1. The highest BCUT2D eigenvalue weighted by atomic mass is 16.6. The molecular weight excluding hydrogens is 843 g/mol. The molecule has 7 aromatic rings. The number of carbonyl (C=O) groups is 4. The molecule has 326 valence electrons. The first-order valence-corrected chi connectivity index (χ1v) is 20.9. The van der Waals surface area contributed by atoms with Gasteiger partial charge in [0.1, 0.15) is 42.0 Å². The third-order valence-corrected chi connectivity index (χ3v) is 12.5. The van der Waals surface area contributed by atoms with E-state index in [0.29, 0.717) is 33.3 Å². The first-order chi connectivity index (χ1) is 32.1. The summed E-state index contributed by atoms with van der Waals surface area (Å²) in [6, 6.07) is 38.5. The molecule has 0 bridgehead atoms. The molecule has 16 heteroatoms. The van der Waals surface area contributed by atoms with Gasteiger partial charge in [0.15, 0.2) is 0 Å². The Morgan fingerprint density at radius 2 is 1.52 bits per heavy atom. The van der Waals surface area contributed by atoms with Crippen LogP contribution in [0.25, 0.3) is 11.0 Å². The predicted molar refractivity (Wildman–Crippen MR) is 237 cm³/mol. The zero-order valence-electron chi connectivity index (χ0n) is 34.7. The van der Waals surface area contributed by atoms with Crippen LogP contribution < -0.4 is 10.6 Å². The number of fused-ring (bicyclic) bond motifs is 4. The summed E-state index contributed by atoms with van der Waals surface area (Å²) in [5.41, 5.74) is 8.39. The smallest absolute Gasteiger partial charge is 0.421 e. The number of morpholine rings is 1. The summed E-state index contributed by atoms with van der Waals surface area (Å²) in [4.78, 5) is 73.4. The SMILES string of the molecule is NC(=O)[C@H]1[C@@H]2C(=O)O[C@@H](c3ccccc3)[C@@H](c3ccccc3)N2[C@@H](c2ccc(O)cc2)[C@]12C(=O)N(C(=O)OCc1ccc([N+](=O)[O-])cc1)c1ccc(C#CCn3nnc4ccccc43)cc12. The number of hydrogen-bond acceptors (Lipinski definition) is 12. The molecule has 3 aliphatic heterocycles. The lowest BCUT2D eigenvalue weighted by atomic mass is 9.65. The lowest BCUT2D eigenvalue weighted by molar-refractivity contribution is -0.384. The number of rotatable bonds is 8. The Morgan fingerprint density at radius 3 is 2.21 bits per heavy atom. The summed E-state index contributed by atoms with van der Waals surface area (Å²) >= 11 is 0. The minimum absolute atomic E-state index is 0.0561. The number of anilines is 1. The number of nitrogens with two attached hydrogens (primary N) is 1. The van der Waals surface area contributed by atoms with Crippen LogP contribution in [-0.2, 0) is 42.4 Å². The van der Waals surface area contributed by atoms with Crippen molar-refractivity contribution in [3.8, 4) is 17.6 Å². The number of aromatic nitrogens is 3. The Balaban J connectivity index is 1.18. The maximum Gasteiger partial charge on any atom is 0.421 e. The van der Waals surface area contributed by atoms with Gasteiger partial charge in [-0.3, -0.25) is 29.4 Å². The van der Waals surface area contributed by atoms with Crippen molar-refractivity contribution in [1.82, 2.24) is 19.9 Å². The van der Waals surface area contributed by atoms with Crippen molar-refractivity contribution in [3.05, 3.63) is 195 Å². The van der Waals surface area contributed by atoms with Crippen molar-refractivity contribution in [2.45, 2.75) is 42.8 Å². The highest BCUT2D eigenvalue weighted by Gasteiger charge is 2.75. The molecule has 1 spiro atoms. The number of aromatic hydroxyl groups is 1. The number of phenols is 1. The number of non-ortho nitro benzene ring substituents is 1. The molecule has 3 amide bonds. The third-order valence-electron chi connectivity index (χ3n) is 12.5. The number of nitro benzene ring substituents is 1. The number of amides is 3. The first-order valence-electron chi connectivity index (χ1n) is 20.9. The molecule has 10 rings (SSSR count). The maximum absolute atomic E-state index is 16.0. The Hall–Kier alpha value is -8.68.